The van der Waals surface area contributed by atoms with Crippen molar-refractivity contribution in [2.45, 2.75) is 19.6 Å². The standard InChI is InChI=1S/C11H15Cl2N3OS/c1-7-6-16(2-3-17-7)11(14)15-5-8-4-9(12)18-10(8)13/h4,7H,2-3,5-6H2,1H3,(H2,14,15). The Kier molecular flexibility index (Phi) is 4.72. The van der Waals surface area contributed by atoms with Crippen molar-refractivity contribution in [3.63, 3.8) is 0 Å². The van der Waals surface area contributed by atoms with Crippen LogP contribution in [0.2, 0.25) is 8.67 Å². The Labute approximate surface area is 120 Å². The van der Waals surface area contributed by atoms with Gasteiger partial charge < -0.3 is 15.4 Å². The average Bonchev–Trinajstić information content (AvgIpc) is 2.65. The first-order valence-electron chi connectivity index (χ1n) is 5.66. The molecule has 0 bridgehead atoms. The molecule has 0 saturated carbocycles. The number of thiophene rings is 1. The third kappa shape index (κ3) is 3.51. The van der Waals surface area contributed by atoms with Gasteiger partial charge in [0.25, 0.3) is 0 Å². The van der Waals surface area contributed by atoms with Crippen LogP contribution in [0.4, 0.5) is 0 Å². The molecular weight excluding hydrogens is 293 g/mol. The van der Waals surface area contributed by atoms with Crippen LogP contribution in [0.25, 0.3) is 0 Å². The Hall–Kier alpha value is -0.490. The van der Waals surface area contributed by atoms with Gasteiger partial charge in [-0.1, -0.05) is 23.2 Å². The summed E-state index contributed by atoms with van der Waals surface area (Å²) in [5, 5.41) is 0. The van der Waals surface area contributed by atoms with E-state index in [2.05, 4.69) is 4.99 Å². The number of hydrogen-bond donors (Lipinski definition) is 1. The lowest BCUT2D eigenvalue weighted by molar-refractivity contribution is 0.00529. The van der Waals surface area contributed by atoms with Crippen molar-refractivity contribution in [1.82, 2.24) is 4.90 Å². The Morgan fingerprint density at radius 3 is 3.06 bits per heavy atom. The summed E-state index contributed by atoms with van der Waals surface area (Å²) in [5.74, 6) is 0.531. The van der Waals surface area contributed by atoms with Crippen LogP contribution in [-0.2, 0) is 11.3 Å². The highest BCUT2D eigenvalue weighted by Crippen LogP contribution is 2.31. The average molecular weight is 308 g/mol. The molecule has 2 N–H and O–H groups in total. The van der Waals surface area contributed by atoms with Crippen molar-refractivity contribution >= 4 is 40.5 Å². The third-order valence-corrected chi connectivity index (χ3v) is 4.27. The van der Waals surface area contributed by atoms with Crippen LogP contribution in [0.1, 0.15) is 12.5 Å². The molecule has 0 spiro atoms. The van der Waals surface area contributed by atoms with E-state index in [0.717, 1.165) is 18.7 Å². The maximum atomic E-state index is 6.03. The van der Waals surface area contributed by atoms with Gasteiger partial charge in [0.05, 0.1) is 27.9 Å². The largest absolute Gasteiger partial charge is 0.375 e. The maximum absolute atomic E-state index is 6.03. The molecule has 2 rings (SSSR count). The first-order valence-corrected chi connectivity index (χ1v) is 7.23. The predicted octanol–water partition coefficient (Wildman–Crippen LogP) is 2.59. The molecule has 0 radical (unpaired) electrons. The highest BCUT2D eigenvalue weighted by Gasteiger charge is 2.18. The molecule has 100 valence electrons. The maximum Gasteiger partial charge on any atom is 0.191 e. The molecule has 2 heterocycles. The first kappa shape index (κ1) is 13.9. The molecule has 4 nitrogen and oxygen atoms in total. The topological polar surface area (TPSA) is 50.8 Å². The lowest BCUT2D eigenvalue weighted by Gasteiger charge is -2.31. The number of rotatable bonds is 2. The third-order valence-electron chi connectivity index (χ3n) is 2.70. The summed E-state index contributed by atoms with van der Waals surface area (Å²) < 4.78 is 6.80. The van der Waals surface area contributed by atoms with Gasteiger partial charge in [-0.15, -0.1) is 11.3 Å². The molecule has 1 saturated heterocycles. The van der Waals surface area contributed by atoms with Crippen molar-refractivity contribution in [2.24, 2.45) is 10.7 Å². The monoisotopic (exact) mass is 307 g/mol. The van der Waals surface area contributed by atoms with Crippen LogP contribution in [-0.4, -0.2) is 36.7 Å². The van der Waals surface area contributed by atoms with Gasteiger partial charge >= 0.3 is 0 Å². The summed E-state index contributed by atoms with van der Waals surface area (Å²) in [5.41, 5.74) is 6.88. The molecule has 1 unspecified atom stereocenters. The first-order chi connectivity index (χ1) is 8.56. The Morgan fingerprint density at radius 2 is 2.44 bits per heavy atom. The molecule has 0 aliphatic carbocycles. The van der Waals surface area contributed by atoms with E-state index in [1.165, 1.54) is 11.3 Å². The van der Waals surface area contributed by atoms with E-state index in [4.69, 9.17) is 33.7 Å². The number of morpholine rings is 1. The van der Waals surface area contributed by atoms with Crippen LogP contribution in [0.15, 0.2) is 11.1 Å². The molecule has 1 fully saturated rings. The van der Waals surface area contributed by atoms with Crippen molar-refractivity contribution in [3.05, 3.63) is 20.3 Å². The fourth-order valence-electron chi connectivity index (χ4n) is 1.77. The summed E-state index contributed by atoms with van der Waals surface area (Å²) in [6.45, 7) is 4.71. The zero-order chi connectivity index (χ0) is 13.1. The van der Waals surface area contributed by atoms with Crippen molar-refractivity contribution in [2.75, 3.05) is 19.7 Å². The van der Waals surface area contributed by atoms with Gasteiger partial charge in [0.1, 0.15) is 0 Å². The Balaban J connectivity index is 1.98. The summed E-state index contributed by atoms with van der Waals surface area (Å²) in [4.78, 5) is 6.38. The number of nitrogens with zero attached hydrogens (tertiary/aromatic N) is 2. The lowest BCUT2D eigenvalue weighted by Crippen LogP contribution is -2.47. The van der Waals surface area contributed by atoms with E-state index >= 15 is 0 Å². The second-order valence-corrected chi connectivity index (χ2v) is 6.44. The van der Waals surface area contributed by atoms with Gasteiger partial charge in [0.15, 0.2) is 5.96 Å². The van der Waals surface area contributed by atoms with E-state index in [-0.39, 0.29) is 6.10 Å². The minimum absolute atomic E-state index is 0.187. The fourth-order valence-corrected chi connectivity index (χ4v) is 3.25. The smallest absolute Gasteiger partial charge is 0.191 e. The number of nitrogens with two attached hydrogens (primary N) is 1. The molecule has 1 aliphatic heterocycles. The van der Waals surface area contributed by atoms with Gasteiger partial charge in [0.2, 0.25) is 0 Å². The van der Waals surface area contributed by atoms with Crippen LogP contribution >= 0.6 is 34.5 Å². The number of aliphatic imine (C=N–C) groups is 1. The molecule has 1 aliphatic rings. The number of ether oxygens (including phenoxy) is 1. The van der Waals surface area contributed by atoms with E-state index in [0.29, 0.717) is 27.8 Å². The minimum Gasteiger partial charge on any atom is -0.375 e. The van der Waals surface area contributed by atoms with Gasteiger partial charge in [-0.3, -0.25) is 0 Å². The summed E-state index contributed by atoms with van der Waals surface area (Å²) >= 11 is 13.2. The van der Waals surface area contributed by atoms with Crippen molar-refractivity contribution < 1.29 is 4.74 Å². The number of hydrogen-bond acceptors (Lipinski definition) is 3. The van der Waals surface area contributed by atoms with E-state index < -0.39 is 0 Å². The lowest BCUT2D eigenvalue weighted by atomic mass is 10.3. The molecule has 18 heavy (non-hydrogen) atoms. The van der Waals surface area contributed by atoms with E-state index in [9.17, 15) is 0 Å². The fraction of sp³-hybridized carbons (Fsp3) is 0.545. The minimum atomic E-state index is 0.187. The van der Waals surface area contributed by atoms with Crippen LogP contribution in [0.5, 0.6) is 0 Å². The summed E-state index contributed by atoms with van der Waals surface area (Å²) in [7, 11) is 0. The normalized spacial score (nSPS) is 21.4. The van der Waals surface area contributed by atoms with Crippen LogP contribution in [0.3, 0.4) is 0 Å². The molecule has 1 atom stereocenters. The summed E-state index contributed by atoms with van der Waals surface area (Å²) in [6, 6.07) is 1.83. The zero-order valence-corrected chi connectivity index (χ0v) is 12.4. The van der Waals surface area contributed by atoms with Crippen LogP contribution < -0.4 is 5.73 Å². The van der Waals surface area contributed by atoms with E-state index in [1.54, 1.807) is 0 Å². The van der Waals surface area contributed by atoms with Crippen LogP contribution in [0, 0.1) is 0 Å². The van der Waals surface area contributed by atoms with E-state index in [1.807, 2.05) is 17.9 Å². The van der Waals surface area contributed by atoms with Gasteiger partial charge in [-0.05, 0) is 13.0 Å². The number of guanidine groups is 1. The molecule has 1 aromatic heterocycles. The Bertz CT molecular complexity index is 449. The quantitative estimate of drug-likeness (QED) is 0.675. The van der Waals surface area contributed by atoms with Crippen molar-refractivity contribution in [3.8, 4) is 0 Å². The van der Waals surface area contributed by atoms with Gasteiger partial charge in [-0.25, -0.2) is 4.99 Å². The molecule has 1 aromatic rings. The highest BCUT2D eigenvalue weighted by atomic mass is 35.5. The second kappa shape index (κ2) is 6.10. The van der Waals surface area contributed by atoms with Gasteiger partial charge in [0, 0.05) is 18.7 Å². The molecule has 0 aromatic carbocycles. The van der Waals surface area contributed by atoms with Gasteiger partial charge in [-0.2, -0.15) is 0 Å². The number of halogens is 2. The predicted molar refractivity (Wildman–Crippen MR) is 76.7 cm³/mol. The van der Waals surface area contributed by atoms with Crippen molar-refractivity contribution in [1.29, 1.82) is 0 Å². The molecular formula is C11H15Cl2N3OS. The second-order valence-electron chi connectivity index (χ2n) is 4.15. The Morgan fingerprint density at radius 1 is 1.67 bits per heavy atom. The zero-order valence-electron chi connectivity index (χ0n) is 10.0. The molecule has 0 amide bonds. The highest BCUT2D eigenvalue weighted by molar-refractivity contribution is 7.20. The molecule has 7 heteroatoms. The summed E-state index contributed by atoms with van der Waals surface area (Å²) in [6.07, 6.45) is 0.187. The SMILES string of the molecule is CC1CN(C(N)=NCc2cc(Cl)sc2Cl)CCO1.